The third kappa shape index (κ3) is 2.48. The van der Waals surface area contributed by atoms with Gasteiger partial charge in [-0.3, -0.25) is 15.1 Å². The van der Waals surface area contributed by atoms with Crippen molar-refractivity contribution >= 4 is 11.9 Å². The molecular weight excluding hydrogens is 274 g/mol. The molecule has 1 aliphatic carbocycles. The maximum Gasteiger partial charge on any atom is 0.261 e. The molecule has 1 amide bonds. The highest BCUT2D eigenvalue weighted by Crippen LogP contribution is 2.36. The maximum atomic E-state index is 12.8. The van der Waals surface area contributed by atoms with Crippen LogP contribution in [0.2, 0.25) is 0 Å². The molecule has 112 valence electrons. The molecule has 2 aromatic carbocycles. The van der Waals surface area contributed by atoms with E-state index in [2.05, 4.69) is 6.07 Å². The van der Waals surface area contributed by atoms with Crippen molar-refractivity contribution in [3.8, 4) is 0 Å². The Hall–Kier alpha value is -2.62. The molecule has 0 saturated heterocycles. The van der Waals surface area contributed by atoms with Gasteiger partial charge >= 0.3 is 0 Å². The van der Waals surface area contributed by atoms with Gasteiger partial charge in [-0.2, -0.15) is 0 Å². The molecule has 4 nitrogen and oxygen atoms in total. The Kier molecular flexibility index (Phi) is 3.67. The maximum absolute atomic E-state index is 12.8. The molecule has 0 fully saturated rings. The molecule has 4 heteroatoms. The van der Waals surface area contributed by atoms with Gasteiger partial charge in [-0.05, 0) is 43.0 Å². The Labute approximate surface area is 130 Å². The van der Waals surface area contributed by atoms with Crippen molar-refractivity contribution in [3.63, 3.8) is 0 Å². The number of hydrogen-bond donors (Lipinski definition) is 2. The predicted octanol–water partition coefficient (Wildman–Crippen LogP) is 3.02. The first-order valence-electron chi connectivity index (χ1n) is 7.40. The SMILES string of the molecule is Cc1ccc(C(=O)N(C(=N)N)C2CCc3ccccc32)cc1. The number of amides is 1. The smallest absolute Gasteiger partial charge is 0.261 e. The number of hydrogen-bond acceptors (Lipinski definition) is 2. The number of nitrogens with two attached hydrogens (primary N) is 1. The average molecular weight is 293 g/mol. The van der Waals surface area contributed by atoms with Gasteiger partial charge < -0.3 is 5.73 Å². The molecule has 0 aliphatic heterocycles. The van der Waals surface area contributed by atoms with Crippen molar-refractivity contribution in [2.24, 2.45) is 5.73 Å². The fraction of sp³-hybridized carbons (Fsp3) is 0.222. The Morgan fingerprint density at radius 3 is 2.55 bits per heavy atom. The number of guanidine groups is 1. The van der Waals surface area contributed by atoms with Crippen LogP contribution in [0.4, 0.5) is 0 Å². The van der Waals surface area contributed by atoms with Gasteiger partial charge in [0.2, 0.25) is 0 Å². The normalized spacial score (nSPS) is 16.1. The Morgan fingerprint density at radius 2 is 1.86 bits per heavy atom. The molecule has 22 heavy (non-hydrogen) atoms. The summed E-state index contributed by atoms with van der Waals surface area (Å²) >= 11 is 0. The van der Waals surface area contributed by atoms with Crippen LogP contribution in [-0.2, 0) is 6.42 Å². The summed E-state index contributed by atoms with van der Waals surface area (Å²) in [7, 11) is 0. The highest BCUT2D eigenvalue weighted by atomic mass is 16.2. The molecule has 0 saturated carbocycles. The van der Waals surface area contributed by atoms with Gasteiger partial charge in [0.15, 0.2) is 5.96 Å². The van der Waals surface area contributed by atoms with E-state index in [-0.39, 0.29) is 17.9 Å². The first kappa shape index (κ1) is 14.3. The van der Waals surface area contributed by atoms with Crippen LogP contribution in [0.1, 0.15) is 39.5 Å². The van der Waals surface area contributed by atoms with E-state index in [1.165, 1.54) is 10.5 Å². The van der Waals surface area contributed by atoms with E-state index in [1.54, 1.807) is 12.1 Å². The molecule has 1 atom stereocenters. The molecule has 3 rings (SSSR count). The molecule has 1 aliphatic rings. The van der Waals surface area contributed by atoms with Crippen molar-refractivity contribution in [1.29, 1.82) is 5.41 Å². The van der Waals surface area contributed by atoms with E-state index in [0.717, 1.165) is 24.0 Å². The zero-order chi connectivity index (χ0) is 15.7. The molecule has 3 N–H and O–H groups in total. The second kappa shape index (κ2) is 5.64. The topological polar surface area (TPSA) is 70.2 Å². The van der Waals surface area contributed by atoms with Gasteiger partial charge in [0.1, 0.15) is 0 Å². The zero-order valence-corrected chi connectivity index (χ0v) is 12.5. The van der Waals surface area contributed by atoms with E-state index < -0.39 is 0 Å². The molecule has 0 heterocycles. The number of nitrogens with one attached hydrogen (secondary N) is 1. The molecule has 0 spiro atoms. The lowest BCUT2D eigenvalue weighted by atomic mass is 10.1. The van der Waals surface area contributed by atoms with E-state index in [0.29, 0.717) is 5.56 Å². The van der Waals surface area contributed by atoms with Crippen LogP contribution in [0.15, 0.2) is 48.5 Å². The van der Waals surface area contributed by atoms with E-state index >= 15 is 0 Å². The van der Waals surface area contributed by atoms with Crippen molar-refractivity contribution in [3.05, 3.63) is 70.8 Å². The lowest BCUT2D eigenvalue weighted by Gasteiger charge is -2.28. The third-order valence-corrected chi connectivity index (χ3v) is 4.19. The standard InChI is InChI=1S/C18H19N3O/c1-12-6-8-14(9-7-12)17(22)21(18(19)20)16-11-10-13-4-2-3-5-15(13)16/h2-9,16H,10-11H2,1H3,(H3,19,20). The first-order chi connectivity index (χ1) is 10.6. The van der Waals surface area contributed by atoms with Crippen molar-refractivity contribution < 1.29 is 4.79 Å². The summed E-state index contributed by atoms with van der Waals surface area (Å²) in [6.07, 6.45) is 1.71. The van der Waals surface area contributed by atoms with E-state index in [9.17, 15) is 4.79 Å². The second-order valence-corrected chi connectivity index (χ2v) is 5.68. The average Bonchev–Trinajstić information content (AvgIpc) is 2.92. The minimum Gasteiger partial charge on any atom is -0.370 e. The van der Waals surface area contributed by atoms with E-state index in [4.69, 9.17) is 11.1 Å². The van der Waals surface area contributed by atoms with Crippen molar-refractivity contribution in [2.45, 2.75) is 25.8 Å². The molecule has 0 radical (unpaired) electrons. The fourth-order valence-corrected chi connectivity index (χ4v) is 3.06. The van der Waals surface area contributed by atoms with Gasteiger partial charge in [-0.25, -0.2) is 0 Å². The summed E-state index contributed by atoms with van der Waals surface area (Å²) in [5.74, 6) is -0.415. The van der Waals surface area contributed by atoms with Crippen LogP contribution in [-0.4, -0.2) is 16.8 Å². The minimum atomic E-state index is -0.214. The Bertz CT molecular complexity index is 721. The first-order valence-corrected chi connectivity index (χ1v) is 7.40. The van der Waals surface area contributed by atoms with Gasteiger partial charge in [-0.15, -0.1) is 0 Å². The van der Waals surface area contributed by atoms with Crippen molar-refractivity contribution in [2.75, 3.05) is 0 Å². The minimum absolute atomic E-state index is 0.150. The number of fused-ring (bicyclic) bond motifs is 1. The van der Waals surface area contributed by atoms with Gasteiger partial charge in [0.25, 0.3) is 5.91 Å². The largest absolute Gasteiger partial charge is 0.370 e. The molecule has 1 unspecified atom stereocenters. The number of carbonyl (C=O) groups is 1. The number of nitrogens with zero attached hydrogens (tertiary/aromatic N) is 1. The van der Waals surface area contributed by atoms with Crippen LogP contribution >= 0.6 is 0 Å². The van der Waals surface area contributed by atoms with E-state index in [1.807, 2.05) is 37.3 Å². The summed E-state index contributed by atoms with van der Waals surface area (Å²) in [4.78, 5) is 14.2. The van der Waals surface area contributed by atoms with Crippen LogP contribution in [0.3, 0.4) is 0 Å². The molecular formula is C18H19N3O. The summed E-state index contributed by atoms with van der Waals surface area (Å²) in [6.45, 7) is 1.98. The fourth-order valence-electron chi connectivity index (χ4n) is 3.06. The lowest BCUT2D eigenvalue weighted by molar-refractivity contribution is 0.0798. The van der Waals surface area contributed by atoms with Crippen LogP contribution in [0.25, 0.3) is 0 Å². The number of carbonyl (C=O) groups excluding carboxylic acids is 1. The van der Waals surface area contributed by atoms with Crippen LogP contribution in [0, 0.1) is 12.3 Å². The molecule has 2 aromatic rings. The lowest BCUT2D eigenvalue weighted by Crippen LogP contribution is -2.43. The molecule has 0 aromatic heterocycles. The summed E-state index contributed by atoms with van der Waals surface area (Å²) in [5, 5.41) is 7.86. The predicted molar refractivity (Wildman–Crippen MR) is 86.8 cm³/mol. The van der Waals surface area contributed by atoms with Gasteiger partial charge in [0, 0.05) is 5.56 Å². The quantitative estimate of drug-likeness (QED) is 0.660. The summed E-state index contributed by atoms with van der Waals surface area (Å²) in [5.41, 5.74) is 9.71. The van der Waals surface area contributed by atoms with Crippen LogP contribution < -0.4 is 5.73 Å². The number of aryl methyl sites for hydroxylation is 2. The summed E-state index contributed by atoms with van der Waals surface area (Å²) < 4.78 is 0. The van der Waals surface area contributed by atoms with Crippen LogP contribution in [0.5, 0.6) is 0 Å². The number of benzene rings is 2. The summed E-state index contributed by atoms with van der Waals surface area (Å²) in [6, 6.07) is 15.3. The number of rotatable bonds is 2. The second-order valence-electron chi connectivity index (χ2n) is 5.68. The molecule has 0 bridgehead atoms. The highest BCUT2D eigenvalue weighted by molar-refractivity contribution is 6.04. The third-order valence-electron chi connectivity index (χ3n) is 4.19. The van der Waals surface area contributed by atoms with Gasteiger partial charge in [-0.1, -0.05) is 42.0 Å². The van der Waals surface area contributed by atoms with Gasteiger partial charge in [0.05, 0.1) is 6.04 Å². The highest BCUT2D eigenvalue weighted by Gasteiger charge is 2.33. The monoisotopic (exact) mass is 293 g/mol. The Morgan fingerprint density at radius 1 is 1.18 bits per heavy atom. The van der Waals surface area contributed by atoms with Crippen molar-refractivity contribution in [1.82, 2.24) is 4.90 Å². The Balaban J connectivity index is 1.96. The zero-order valence-electron chi connectivity index (χ0n) is 12.5.